The van der Waals surface area contributed by atoms with Crippen LogP contribution in [-0.4, -0.2) is 10.9 Å². The van der Waals surface area contributed by atoms with Crippen LogP contribution in [0.3, 0.4) is 0 Å². The molecule has 0 spiro atoms. The van der Waals surface area contributed by atoms with Crippen molar-refractivity contribution in [3.8, 4) is 11.8 Å². The topological polar surface area (TPSA) is 32.6 Å². The number of hydrogen-bond donors (Lipinski definition) is 1. The Hall–Kier alpha value is -2.05. The van der Waals surface area contributed by atoms with Gasteiger partial charge in [0.25, 0.3) is 0 Å². The minimum atomic E-state index is 0.614. The Bertz CT molecular complexity index is 587. The molecule has 0 amide bonds. The van der Waals surface area contributed by atoms with E-state index in [0.717, 1.165) is 15.3 Å². The minimum absolute atomic E-state index is 0.614. The zero-order chi connectivity index (χ0) is 12.1. The summed E-state index contributed by atoms with van der Waals surface area (Å²) in [6.45, 7) is 1.76. The average Bonchev–Trinajstić information content (AvgIpc) is 2.85. The molecule has 0 saturated heterocycles. The summed E-state index contributed by atoms with van der Waals surface area (Å²) in [6, 6.07) is 13.7. The van der Waals surface area contributed by atoms with Crippen LogP contribution < -0.4 is 0 Å². The van der Waals surface area contributed by atoms with Crippen molar-refractivity contribution >= 4 is 17.0 Å². The van der Waals surface area contributed by atoms with Crippen molar-refractivity contribution in [2.75, 3.05) is 0 Å². The van der Waals surface area contributed by atoms with E-state index in [1.54, 1.807) is 6.92 Å². The van der Waals surface area contributed by atoms with Crippen LogP contribution in [-0.2, 0) is 0 Å². The van der Waals surface area contributed by atoms with E-state index in [1.165, 1.54) is 11.3 Å². The molecular weight excluding hydrogens is 230 g/mol. The summed E-state index contributed by atoms with van der Waals surface area (Å²) in [4.78, 5) is 1.90. The number of nitrogens with zero attached hydrogens (tertiary/aromatic N) is 1. The summed E-state index contributed by atoms with van der Waals surface area (Å²) in [5.41, 5.74) is 1.61. The molecule has 0 fully saturated rings. The van der Waals surface area contributed by atoms with E-state index in [9.17, 15) is 0 Å². The standard InChI is InChI=1S/C14H11NOS/c1-11(15-16)14-10-9-13(17-14)8-7-12-5-3-2-4-6-12/h2-6,9-10,16H,1H3/b15-11+. The van der Waals surface area contributed by atoms with E-state index in [4.69, 9.17) is 5.21 Å². The SMILES string of the molecule is C/C(=N\O)c1ccc(C#Cc2ccccc2)s1. The van der Waals surface area contributed by atoms with E-state index < -0.39 is 0 Å². The maximum atomic E-state index is 8.66. The van der Waals surface area contributed by atoms with Crippen LogP contribution in [0.5, 0.6) is 0 Å². The van der Waals surface area contributed by atoms with E-state index in [0.29, 0.717) is 5.71 Å². The minimum Gasteiger partial charge on any atom is -0.411 e. The van der Waals surface area contributed by atoms with Gasteiger partial charge in [0, 0.05) is 5.56 Å². The molecule has 3 heteroatoms. The van der Waals surface area contributed by atoms with Crippen molar-refractivity contribution in [3.63, 3.8) is 0 Å². The van der Waals surface area contributed by atoms with E-state index in [1.807, 2.05) is 42.5 Å². The van der Waals surface area contributed by atoms with Crippen molar-refractivity contribution in [1.82, 2.24) is 0 Å². The van der Waals surface area contributed by atoms with Gasteiger partial charge in [0.1, 0.15) is 0 Å². The fraction of sp³-hybridized carbons (Fsp3) is 0.0714. The summed E-state index contributed by atoms with van der Waals surface area (Å²) < 4.78 is 0. The Balaban J connectivity index is 2.21. The lowest BCUT2D eigenvalue weighted by Gasteiger charge is -1.88. The zero-order valence-corrected chi connectivity index (χ0v) is 10.2. The molecule has 84 valence electrons. The molecule has 1 aromatic heterocycles. The second-order valence-corrected chi connectivity index (χ2v) is 4.55. The van der Waals surface area contributed by atoms with Crippen molar-refractivity contribution in [2.45, 2.75) is 6.92 Å². The summed E-state index contributed by atoms with van der Waals surface area (Å²) in [5, 5.41) is 11.8. The maximum Gasteiger partial charge on any atom is 0.0936 e. The predicted molar refractivity (Wildman–Crippen MR) is 70.7 cm³/mol. The number of thiophene rings is 1. The Kier molecular flexibility index (Phi) is 3.59. The highest BCUT2D eigenvalue weighted by Gasteiger charge is 2.01. The van der Waals surface area contributed by atoms with Gasteiger partial charge in [0.15, 0.2) is 0 Å². The molecule has 1 N–H and O–H groups in total. The van der Waals surface area contributed by atoms with Gasteiger partial charge in [-0.25, -0.2) is 0 Å². The van der Waals surface area contributed by atoms with Crippen LogP contribution in [0.2, 0.25) is 0 Å². The van der Waals surface area contributed by atoms with Crippen LogP contribution in [0.15, 0.2) is 47.6 Å². The van der Waals surface area contributed by atoms with Gasteiger partial charge in [0.05, 0.1) is 15.5 Å². The fourth-order valence-electron chi connectivity index (χ4n) is 1.30. The normalized spacial score (nSPS) is 10.8. The second-order valence-electron chi connectivity index (χ2n) is 3.47. The van der Waals surface area contributed by atoms with Gasteiger partial charge in [-0.1, -0.05) is 35.2 Å². The van der Waals surface area contributed by atoms with Crippen molar-refractivity contribution in [3.05, 3.63) is 57.8 Å². The molecule has 17 heavy (non-hydrogen) atoms. The molecule has 0 saturated carbocycles. The van der Waals surface area contributed by atoms with Gasteiger partial charge in [-0.05, 0) is 31.2 Å². The lowest BCUT2D eigenvalue weighted by Crippen LogP contribution is -1.87. The molecule has 0 aliphatic carbocycles. The molecule has 0 aliphatic rings. The third-order valence-electron chi connectivity index (χ3n) is 2.22. The monoisotopic (exact) mass is 241 g/mol. The molecule has 0 bridgehead atoms. The summed E-state index contributed by atoms with van der Waals surface area (Å²) in [6.07, 6.45) is 0. The molecule has 0 aliphatic heterocycles. The summed E-state index contributed by atoms with van der Waals surface area (Å²) in [7, 11) is 0. The highest BCUT2D eigenvalue weighted by molar-refractivity contribution is 7.14. The highest BCUT2D eigenvalue weighted by Crippen LogP contribution is 2.16. The van der Waals surface area contributed by atoms with Gasteiger partial charge >= 0.3 is 0 Å². The Morgan fingerprint density at radius 1 is 1.12 bits per heavy atom. The van der Waals surface area contributed by atoms with Crippen molar-refractivity contribution < 1.29 is 5.21 Å². The van der Waals surface area contributed by atoms with Crippen LogP contribution in [0.1, 0.15) is 22.2 Å². The van der Waals surface area contributed by atoms with E-state index in [-0.39, 0.29) is 0 Å². The quantitative estimate of drug-likeness (QED) is 0.353. The third kappa shape index (κ3) is 2.96. The van der Waals surface area contributed by atoms with Gasteiger partial charge in [-0.3, -0.25) is 0 Å². The smallest absolute Gasteiger partial charge is 0.0936 e. The number of hydrogen-bond acceptors (Lipinski definition) is 3. The van der Waals surface area contributed by atoms with Gasteiger partial charge in [0.2, 0.25) is 0 Å². The lowest BCUT2D eigenvalue weighted by molar-refractivity contribution is 0.319. The Morgan fingerprint density at radius 3 is 2.59 bits per heavy atom. The third-order valence-corrected chi connectivity index (χ3v) is 3.33. The van der Waals surface area contributed by atoms with Crippen molar-refractivity contribution in [2.24, 2.45) is 5.16 Å². The summed E-state index contributed by atoms with van der Waals surface area (Å²) >= 11 is 1.52. The first kappa shape index (κ1) is 11.4. The Morgan fingerprint density at radius 2 is 1.88 bits per heavy atom. The molecular formula is C14H11NOS. The molecule has 0 unspecified atom stereocenters. The van der Waals surface area contributed by atoms with Gasteiger partial charge in [-0.2, -0.15) is 0 Å². The average molecular weight is 241 g/mol. The fourth-order valence-corrected chi connectivity index (χ4v) is 2.10. The molecule has 2 aromatic rings. The first-order valence-corrected chi connectivity index (χ1v) is 5.97. The van der Waals surface area contributed by atoms with Crippen LogP contribution in [0.4, 0.5) is 0 Å². The summed E-state index contributed by atoms with van der Waals surface area (Å²) in [5.74, 6) is 6.18. The number of rotatable bonds is 1. The highest BCUT2D eigenvalue weighted by atomic mass is 32.1. The molecule has 0 radical (unpaired) electrons. The first-order chi connectivity index (χ1) is 8.29. The van der Waals surface area contributed by atoms with Gasteiger partial charge in [-0.15, -0.1) is 11.3 Å². The van der Waals surface area contributed by atoms with Gasteiger partial charge < -0.3 is 5.21 Å². The van der Waals surface area contributed by atoms with Crippen molar-refractivity contribution in [1.29, 1.82) is 0 Å². The van der Waals surface area contributed by atoms with E-state index in [2.05, 4.69) is 17.0 Å². The first-order valence-electron chi connectivity index (χ1n) is 5.15. The number of oxime groups is 1. The second kappa shape index (κ2) is 5.33. The van der Waals surface area contributed by atoms with Crippen LogP contribution in [0.25, 0.3) is 0 Å². The lowest BCUT2D eigenvalue weighted by atomic mass is 10.2. The number of benzene rings is 1. The van der Waals surface area contributed by atoms with Crippen LogP contribution >= 0.6 is 11.3 Å². The Labute approximate surface area is 104 Å². The van der Waals surface area contributed by atoms with Crippen LogP contribution in [0, 0.1) is 11.8 Å². The molecule has 1 heterocycles. The predicted octanol–water partition coefficient (Wildman–Crippen LogP) is 3.35. The van der Waals surface area contributed by atoms with E-state index >= 15 is 0 Å². The largest absolute Gasteiger partial charge is 0.411 e. The molecule has 0 atom stereocenters. The molecule has 1 aromatic carbocycles. The molecule has 2 rings (SSSR count). The zero-order valence-electron chi connectivity index (χ0n) is 9.34. The molecule has 2 nitrogen and oxygen atoms in total. The maximum absolute atomic E-state index is 8.66.